The highest BCUT2D eigenvalue weighted by molar-refractivity contribution is 5.87. The Morgan fingerprint density at radius 1 is 1.50 bits per heavy atom. The van der Waals surface area contributed by atoms with Crippen LogP contribution in [0, 0.1) is 5.92 Å². The standard InChI is InChI=1S/C11H20O3/c1-8(2)7-10(5-6-12)14-11(13)9(3)4/h8,10,12H,3,5-7H2,1-2,4H3. The number of aliphatic hydroxyl groups excluding tert-OH is 1. The van der Waals surface area contributed by atoms with Gasteiger partial charge in [0.1, 0.15) is 6.10 Å². The van der Waals surface area contributed by atoms with Crippen molar-refractivity contribution < 1.29 is 14.6 Å². The molecule has 0 aliphatic rings. The van der Waals surface area contributed by atoms with Crippen molar-refractivity contribution in [2.24, 2.45) is 5.92 Å². The van der Waals surface area contributed by atoms with Gasteiger partial charge in [-0.2, -0.15) is 0 Å². The van der Waals surface area contributed by atoms with Gasteiger partial charge in [-0.05, 0) is 19.3 Å². The van der Waals surface area contributed by atoms with Crippen LogP contribution in [-0.2, 0) is 9.53 Å². The lowest BCUT2D eigenvalue weighted by Crippen LogP contribution is -2.21. The molecular weight excluding hydrogens is 180 g/mol. The van der Waals surface area contributed by atoms with E-state index >= 15 is 0 Å². The van der Waals surface area contributed by atoms with Crippen molar-refractivity contribution in [2.45, 2.75) is 39.7 Å². The molecule has 0 saturated carbocycles. The van der Waals surface area contributed by atoms with Crippen molar-refractivity contribution in [3.05, 3.63) is 12.2 Å². The van der Waals surface area contributed by atoms with Crippen LogP contribution in [0.3, 0.4) is 0 Å². The van der Waals surface area contributed by atoms with E-state index in [0.29, 0.717) is 17.9 Å². The van der Waals surface area contributed by atoms with Gasteiger partial charge in [0.2, 0.25) is 0 Å². The highest BCUT2D eigenvalue weighted by Gasteiger charge is 2.15. The highest BCUT2D eigenvalue weighted by Crippen LogP contribution is 2.12. The summed E-state index contributed by atoms with van der Waals surface area (Å²) in [6.07, 6.45) is 1.08. The summed E-state index contributed by atoms with van der Waals surface area (Å²) < 4.78 is 5.16. The molecule has 0 rings (SSSR count). The molecule has 14 heavy (non-hydrogen) atoms. The molecular formula is C11H20O3. The zero-order valence-corrected chi connectivity index (χ0v) is 9.25. The fraction of sp³-hybridized carbons (Fsp3) is 0.727. The Hall–Kier alpha value is -0.830. The zero-order valence-electron chi connectivity index (χ0n) is 9.25. The van der Waals surface area contributed by atoms with E-state index in [-0.39, 0.29) is 18.7 Å². The summed E-state index contributed by atoms with van der Waals surface area (Å²) in [6.45, 7) is 9.28. The number of hydrogen-bond donors (Lipinski definition) is 1. The SMILES string of the molecule is C=C(C)C(=O)OC(CCO)CC(C)C. The minimum atomic E-state index is -0.371. The number of carbonyl (C=O) groups excluding carboxylic acids is 1. The highest BCUT2D eigenvalue weighted by atomic mass is 16.5. The Morgan fingerprint density at radius 3 is 2.43 bits per heavy atom. The molecule has 0 fully saturated rings. The molecule has 0 amide bonds. The van der Waals surface area contributed by atoms with Gasteiger partial charge in [-0.25, -0.2) is 4.79 Å². The molecule has 0 saturated heterocycles. The second-order valence-electron chi connectivity index (χ2n) is 3.95. The lowest BCUT2D eigenvalue weighted by atomic mass is 10.0. The summed E-state index contributed by atoms with van der Waals surface area (Å²) in [4.78, 5) is 11.2. The van der Waals surface area contributed by atoms with Crippen molar-refractivity contribution in [3.8, 4) is 0 Å². The smallest absolute Gasteiger partial charge is 0.333 e. The topological polar surface area (TPSA) is 46.5 Å². The number of carbonyl (C=O) groups is 1. The van der Waals surface area contributed by atoms with Crippen LogP contribution in [0.2, 0.25) is 0 Å². The van der Waals surface area contributed by atoms with Crippen molar-refractivity contribution >= 4 is 5.97 Å². The largest absolute Gasteiger partial charge is 0.459 e. The van der Waals surface area contributed by atoms with E-state index in [1.54, 1.807) is 6.92 Å². The summed E-state index contributed by atoms with van der Waals surface area (Å²) in [5.41, 5.74) is 0.400. The van der Waals surface area contributed by atoms with Crippen LogP contribution >= 0.6 is 0 Å². The van der Waals surface area contributed by atoms with Gasteiger partial charge in [-0.15, -0.1) is 0 Å². The number of aliphatic hydroxyl groups is 1. The Bertz CT molecular complexity index is 197. The van der Waals surface area contributed by atoms with Crippen LogP contribution in [0.25, 0.3) is 0 Å². The maximum Gasteiger partial charge on any atom is 0.333 e. The molecule has 0 spiro atoms. The molecule has 0 aliphatic heterocycles. The molecule has 1 atom stereocenters. The average Bonchev–Trinajstić information content (AvgIpc) is 2.02. The molecule has 1 unspecified atom stereocenters. The van der Waals surface area contributed by atoms with E-state index in [1.165, 1.54) is 0 Å². The quantitative estimate of drug-likeness (QED) is 0.526. The first kappa shape index (κ1) is 13.2. The van der Waals surface area contributed by atoms with Gasteiger partial charge in [0.05, 0.1) is 0 Å². The monoisotopic (exact) mass is 200 g/mol. The van der Waals surface area contributed by atoms with Gasteiger partial charge in [0.25, 0.3) is 0 Å². The number of rotatable bonds is 6. The first-order valence-corrected chi connectivity index (χ1v) is 4.94. The molecule has 0 aromatic heterocycles. The van der Waals surface area contributed by atoms with Crippen molar-refractivity contribution in [1.29, 1.82) is 0 Å². The summed E-state index contributed by atoms with van der Waals surface area (Å²) in [7, 11) is 0. The van der Waals surface area contributed by atoms with Crippen LogP contribution < -0.4 is 0 Å². The van der Waals surface area contributed by atoms with E-state index in [1.807, 2.05) is 0 Å². The second-order valence-corrected chi connectivity index (χ2v) is 3.95. The first-order chi connectivity index (χ1) is 6.47. The maximum atomic E-state index is 11.2. The lowest BCUT2D eigenvalue weighted by molar-refractivity contribution is -0.145. The van der Waals surface area contributed by atoms with Gasteiger partial charge in [0.15, 0.2) is 0 Å². The number of ether oxygens (including phenoxy) is 1. The molecule has 1 N–H and O–H groups in total. The third-order valence-corrected chi connectivity index (χ3v) is 1.81. The van der Waals surface area contributed by atoms with Crippen molar-refractivity contribution in [1.82, 2.24) is 0 Å². The van der Waals surface area contributed by atoms with E-state index in [2.05, 4.69) is 20.4 Å². The molecule has 82 valence electrons. The van der Waals surface area contributed by atoms with Gasteiger partial charge in [0, 0.05) is 18.6 Å². The predicted molar refractivity (Wildman–Crippen MR) is 55.9 cm³/mol. The molecule has 3 nitrogen and oxygen atoms in total. The Kier molecular flexibility index (Phi) is 6.21. The summed E-state index contributed by atoms with van der Waals surface area (Å²) in [6, 6.07) is 0. The average molecular weight is 200 g/mol. The lowest BCUT2D eigenvalue weighted by Gasteiger charge is -2.18. The minimum absolute atomic E-state index is 0.0425. The van der Waals surface area contributed by atoms with Gasteiger partial charge < -0.3 is 9.84 Å². The summed E-state index contributed by atoms with van der Waals surface area (Å²) in [5.74, 6) is 0.0774. The van der Waals surface area contributed by atoms with E-state index in [4.69, 9.17) is 9.84 Å². The molecule has 0 bridgehead atoms. The van der Waals surface area contributed by atoms with Crippen LogP contribution in [-0.4, -0.2) is 23.8 Å². The second kappa shape index (κ2) is 6.60. The van der Waals surface area contributed by atoms with Crippen LogP contribution in [0.5, 0.6) is 0 Å². The molecule has 0 aromatic carbocycles. The molecule has 0 heterocycles. The molecule has 0 aromatic rings. The van der Waals surface area contributed by atoms with E-state index in [9.17, 15) is 4.79 Å². The van der Waals surface area contributed by atoms with E-state index in [0.717, 1.165) is 6.42 Å². The third-order valence-electron chi connectivity index (χ3n) is 1.81. The zero-order chi connectivity index (χ0) is 11.1. The fourth-order valence-electron chi connectivity index (χ4n) is 1.15. The van der Waals surface area contributed by atoms with Gasteiger partial charge in [-0.3, -0.25) is 0 Å². The van der Waals surface area contributed by atoms with Crippen LogP contribution in [0.4, 0.5) is 0 Å². The van der Waals surface area contributed by atoms with Crippen molar-refractivity contribution in [3.63, 3.8) is 0 Å². The van der Waals surface area contributed by atoms with E-state index < -0.39 is 0 Å². The molecule has 0 aliphatic carbocycles. The van der Waals surface area contributed by atoms with Crippen molar-refractivity contribution in [2.75, 3.05) is 6.61 Å². The van der Waals surface area contributed by atoms with Crippen LogP contribution in [0.1, 0.15) is 33.6 Å². The fourth-order valence-corrected chi connectivity index (χ4v) is 1.15. The summed E-state index contributed by atoms with van der Waals surface area (Å²) in [5, 5.41) is 8.79. The first-order valence-electron chi connectivity index (χ1n) is 4.94. The Morgan fingerprint density at radius 2 is 2.07 bits per heavy atom. The number of esters is 1. The Balaban J connectivity index is 4.08. The summed E-state index contributed by atoms with van der Waals surface area (Å²) >= 11 is 0. The third kappa shape index (κ3) is 5.75. The normalized spacial score (nSPS) is 12.6. The maximum absolute atomic E-state index is 11.2. The Labute approximate surface area is 85.8 Å². The van der Waals surface area contributed by atoms with Crippen LogP contribution in [0.15, 0.2) is 12.2 Å². The van der Waals surface area contributed by atoms with Gasteiger partial charge >= 0.3 is 5.97 Å². The molecule has 0 radical (unpaired) electrons. The number of hydrogen-bond acceptors (Lipinski definition) is 3. The van der Waals surface area contributed by atoms with Gasteiger partial charge in [-0.1, -0.05) is 20.4 Å². The molecule has 3 heteroatoms. The predicted octanol–water partition coefficient (Wildman–Crippen LogP) is 1.90. The minimum Gasteiger partial charge on any atom is -0.459 e.